The molecule has 7 heteroatoms. The van der Waals surface area contributed by atoms with Crippen LogP contribution < -0.4 is 10.6 Å². The van der Waals surface area contributed by atoms with Gasteiger partial charge in [0.15, 0.2) is 0 Å². The van der Waals surface area contributed by atoms with Gasteiger partial charge >= 0.3 is 0 Å². The van der Waals surface area contributed by atoms with Gasteiger partial charge in [-0.25, -0.2) is 0 Å². The van der Waals surface area contributed by atoms with Crippen LogP contribution >= 0.6 is 0 Å². The predicted molar refractivity (Wildman–Crippen MR) is 133 cm³/mol. The Morgan fingerprint density at radius 2 is 1.68 bits per heavy atom. The van der Waals surface area contributed by atoms with Crippen molar-refractivity contribution < 1.29 is 19.5 Å². The van der Waals surface area contributed by atoms with E-state index in [9.17, 15) is 19.5 Å². The highest BCUT2D eigenvalue weighted by Crippen LogP contribution is 2.22. The number of benzene rings is 2. The number of carbonyl (C=O) groups is 3. The van der Waals surface area contributed by atoms with Crippen molar-refractivity contribution in [3.8, 4) is 0 Å². The third-order valence-corrected chi connectivity index (χ3v) is 6.20. The van der Waals surface area contributed by atoms with E-state index in [-0.39, 0.29) is 48.6 Å². The first-order valence-corrected chi connectivity index (χ1v) is 11.9. The number of piperidine rings is 1. The van der Waals surface area contributed by atoms with E-state index < -0.39 is 0 Å². The molecular weight excluding hydrogens is 430 g/mol. The van der Waals surface area contributed by atoms with E-state index in [1.807, 2.05) is 12.1 Å². The number of aliphatic hydroxyl groups excluding tert-OH is 1. The Kier molecular flexibility index (Phi) is 8.45. The van der Waals surface area contributed by atoms with Gasteiger partial charge in [-0.05, 0) is 60.1 Å². The molecule has 0 spiro atoms. The Morgan fingerprint density at radius 1 is 1.00 bits per heavy atom. The topological polar surface area (TPSA) is 98.7 Å². The molecule has 0 unspecified atom stereocenters. The Balaban J connectivity index is 1.47. The van der Waals surface area contributed by atoms with Crippen LogP contribution in [0, 0.1) is 5.92 Å². The molecule has 0 saturated carbocycles. The first-order chi connectivity index (χ1) is 16.2. The van der Waals surface area contributed by atoms with Crippen molar-refractivity contribution in [3.05, 3.63) is 65.2 Å². The van der Waals surface area contributed by atoms with Crippen LogP contribution in [0.25, 0.3) is 0 Å². The monoisotopic (exact) mass is 465 g/mol. The SMILES string of the molecule is CC(C)(C)c1ccc(C(=O)NCCC(=O)Nc2cccc(C(=O)N3CCC(CO)CC3)c2)cc1. The fourth-order valence-corrected chi connectivity index (χ4v) is 3.97. The highest BCUT2D eigenvalue weighted by Gasteiger charge is 2.23. The zero-order valence-electron chi connectivity index (χ0n) is 20.3. The molecule has 3 rings (SSSR count). The summed E-state index contributed by atoms with van der Waals surface area (Å²) in [5.41, 5.74) is 2.80. The highest BCUT2D eigenvalue weighted by molar-refractivity contribution is 5.98. The molecule has 0 aliphatic carbocycles. The number of anilines is 1. The second kappa shape index (κ2) is 11.3. The van der Waals surface area contributed by atoms with E-state index in [0.717, 1.165) is 18.4 Å². The summed E-state index contributed by atoms with van der Waals surface area (Å²) in [6.45, 7) is 7.98. The largest absolute Gasteiger partial charge is 0.396 e. The molecule has 1 aliphatic rings. The first-order valence-electron chi connectivity index (χ1n) is 11.9. The first kappa shape index (κ1) is 25.4. The van der Waals surface area contributed by atoms with Crippen LogP contribution in [0.4, 0.5) is 5.69 Å². The number of aliphatic hydroxyl groups is 1. The van der Waals surface area contributed by atoms with Gasteiger partial charge in [-0.3, -0.25) is 14.4 Å². The van der Waals surface area contributed by atoms with Crippen molar-refractivity contribution in [2.75, 3.05) is 31.6 Å². The normalized spacial score (nSPS) is 14.5. The number of hydrogen-bond donors (Lipinski definition) is 3. The second-order valence-electron chi connectivity index (χ2n) is 9.88. The maximum Gasteiger partial charge on any atom is 0.253 e. The van der Waals surface area contributed by atoms with Gasteiger partial charge in [0, 0.05) is 49.5 Å². The Labute approximate surface area is 201 Å². The Hall–Kier alpha value is -3.19. The van der Waals surface area contributed by atoms with Gasteiger partial charge in [0.2, 0.25) is 5.91 Å². The molecule has 0 bridgehead atoms. The summed E-state index contributed by atoms with van der Waals surface area (Å²) < 4.78 is 0. The number of carbonyl (C=O) groups excluding carboxylic acids is 3. The lowest BCUT2D eigenvalue weighted by Crippen LogP contribution is -2.39. The predicted octanol–water partition coefficient (Wildman–Crippen LogP) is 3.59. The zero-order valence-corrected chi connectivity index (χ0v) is 20.3. The Bertz CT molecular complexity index is 1000. The number of rotatable bonds is 7. The van der Waals surface area contributed by atoms with Crippen LogP contribution in [-0.2, 0) is 10.2 Å². The summed E-state index contributed by atoms with van der Waals surface area (Å²) in [4.78, 5) is 39.3. The van der Waals surface area contributed by atoms with Crippen LogP contribution in [0.1, 0.15) is 66.3 Å². The third-order valence-electron chi connectivity index (χ3n) is 6.20. The van der Waals surface area contributed by atoms with Crippen molar-refractivity contribution in [3.63, 3.8) is 0 Å². The van der Waals surface area contributed by atoms with Crippen LogP contribution in [0.15, 0.2) is 48.5 Å². The Morgan fingerprint density at radius 3 is 2.29 bits per heavy atom. The molecular formula is C27H35N3O4. The van der Waals surface area contributed by atoms with Gasteiger partial charge in [-0.2, -0.15) is 0 Å². The minimum Gasteiger partial charge on any atom is -0.396 e. The van der Waals surface area contributed by atoms with E-state index in [0.29, 0.717) is 29.9 Å². The molecule has 0 radical (unpaired) electrons. The van der Waals surface area contributed by atoms with Gasteiger partial charge < -0.3 is 20.6 Å². The van der Waals surface area contributed by atoms with E-state index >= 15 is 0 Å². The maximum absolute atomic E-state index is 12.8. The molecule has 1 aliphatic heterocycles. The van der Waals surface area contributed by atoms with Crippen LogP contribution in [0.3, 0.4) is 0 Å². The minimum atomic E-state index is -0.239. The van der Waals surface area contributed by atoms with Crippen LogP contribution in [0.2, 0.25) is 0 Å². The lowest BCUT2D eigenvalue weighted by Gasteiger charge is -2.31. The van der Waals surface area contributed by atoms with Crippen molar-refractivity contribution >= 4 is 23.4 Å². The summed E-state index contributed by atoms with van der Waals surface area (Å²) in [7, 11) is 0. The third kappa shape index (κ3) is 6.90. The van der Waals surface area contributed by atoms with Gasteiger partial charge in [0.25, 0.3) is 11.8 Å². The molecule has 1 fully saturated rings. The minimum absolute atomic E-state index is 0.0196. The molecule has 0 aromatic heterocycles. The number of nitrogens with zero attached hydrogens (tertiary/aromatic N) is 1. The van der Waals surface area contributed by atoms with Gasteiger partial charge in [0.05, 0.1) is 0 Å². The summed E-state index contributed by atoms with van der Waals surface area (Å²) >= 11 is 0. The summed E-state index contributed by atoms with van der Waals surface area (Å²) in [5.74, 6) is -0.266. The molecule has 2 aromatic carbocycles. The average molecular weight is 466 g/mol. The molecule has 182 valence electrons. The van der Waals surface area contributed by atoms with E-state index in [2.05, 4.69) is 31.4 Å². The van der Waals surface area contributed by atoms with Gasteiger partial charge in [-0.1, -0.05) is 39.0 Å². The molecule has 1 saturated heterocycles. The average Bonchev–Trinajstić information content (AvgIpc) is 2.83. The second-order valence-corrected chi connectivity index (χ2v) is 9.88. The number of amides is 3. The summed E-state index contributed by atoms with van der Waals surface area (Å²) in [6.07, 6.45) is 1.72. The van der Waals surface area contributed by atoms with Crippen LogP contribution in [0.5, 0.6) is 0 Å². The fraction of sp³-hybridized carbons (Fsp3) is 0.444. The van der Waals surface area contributed by atoms with E-state index in [1.54, 1.807) is 41.3 Å². The van der Waals surface area contributed by atoms with Gasteiger partial charge in [0.1, 0.15) is 0 Å². The highest BCUT2D eigenvalue weighted by atomic mass is 16.3. The summed E-state index contributed by atoms with van der Waals surface area (Å²) in [5, 5.41) is 14.8. The molecule has 3 amide bonds. The lowest BCUT2D eigenvalue weighted by molar-refractivity contribution is -0.116. The molecule has 34 heavy (non-hydrogen) atoms. The van der Waals surface area contributed by atoms with Crippen molar-refractivity contribution in [2.24, 2.45) is 5.92 Å². The molecule has 0 atom stereocenters. The van der Waals surface area contributed by atoms with E-state index in [4.69, 9.17) is 0 Å². The fourth-order valence-electron chi connectivity index (χ4n) is 3.97. The van der Waals surface area contributed by atoms with Gasteiger partial charge in [-0.15, -0.1) is 0 Å². The number of likely N-dealkylation sites (tertiary alicyclic amines) is 1. The number of nitrogens with one attached hydrogen (secondary N) is 2. The van der Waals surface area contributed by atoms with Crippen molar-refractivity contribution in [2.45, 2.75) is 45.4 Å². The zero-order chi connectivity index (χ0) is 24.7. The number of hydrogen-bond acceptors (Lipinski definition) is 4. The molecule has 1 heterocycles. The molecule has 3 N–H and O–H groups in total. The summed E-state index contributed by atoms with van der Waals surface area (Å²) in [6, 6.07) is 14.4. The lowest BCUT2D eigenvalue weighted by atomic mass is 9.87. The smallest absolute Gasteiger partial charge is 0.253 e. The van der Waals surface area contributed by atoms with Crippen molar-refractivity contribution in [1.29, 1.82) is 0 Å². The molecule has 7 nitrogen and oxygen atoms in total. The molecule has 2 aromatic rings. The van der Waals surface area contributed by atoms with E-state index in [1.165, 1.54) is 0 Å². The standard InChI is InChI=1S/C27H35N3O4/c1-27(2,3)22-9-7-20(8-10-22)25(33)28-14-11-24(32)29-23-6-4-5-21(17-23)26(34)30-15-12-19(18-31)13-16-30/h4-10,17,19,31H,11-16,18H2,1-3H3,(H,28,33)(H,29,32). The maximum atomic E-state index is 12.8. The van der Waals surface area contributed by atoms with Crippen LogP contribution in [-0.4, -0.2) is 54.0 Å². The quantitative estimate of drug-likeness (QED) is 0.582. The van der Waals surface area contributed by atoms with Crippen molar-refractivity contribution in [1.82, 2.24) is 10.2 Å².